The Morgan fingerprint density at radius 2 is 1.59 bits per heavy atom. The van der Waals surface area contributed by atoms with Gasteiger partial charge in [-0.15, -0.1) is 0 Å². The highest BCUT2D eigenvalue weighted by Crippen LogP contribution is 2.43. The zero-order valence-electron chi connectivity index (χ0n) is 14.7. The second-order valence-corrected chi connectivity index (χ2v) is 7.41. The fraction of sp³-hybridized carbons (Fsp3) is 0.167. The first-order chi connectivity index (χ1) is 13.2. The number of carbonyl (C=O) groups is 1. The predicted octanol–water partition coefficient (Wildman–Crippen LogP) is 4.73. The van der Waals surface area contributed by atoms with Gasteiger partial charge in [-0.3, -0.25) is 4.79 Å². The molecule has 0 unspecified atom stereocenters. The smallest absolute Gasteiger partial charge is 0.170 e. The molecule has 0 fully saturated rings. The average Bonchev–Trinajstić information content (AvgIpc) is 3.04. The number of benzene rings is 3. The second-order valence-electron chi connectivity index (χ2n) is 7.41. The first-order valence-corrected chi connectivity index (χ1v) is 9.09. The van der Waals surface area contributed by atoms with E-state index < -0.39 is 5.60 Å². The topological polar surface area (TPSA) is 50.1 Å². The Labute approximate surface area is 157 Å². The molecule has 3 aromatic rings. The molecule has 27 heavy (non-hydrogen) atoms. The number of nitrogens with zero attached hydrogens (tertiary/aromatic N) is 1. The lowest BCUT2D eigenvalue weighted by Crippen LogP contribution is -2.42. The molecular weight excluding hydrogens is 334 g/mol. The number of rotatable bonds is 1. The number of Topliss-reactive ketones (excluding diaryl/α,β-unsaturated/α-hetero) is 1. The fourth-order valence-corrected chi connectivity index (χ4v) is 4.30. The van der Waals surface area contributed by atoms with Gasteiger partial charge in [0.15, 0.2) is 5.78 Å². The minimum absolute atomic E-state index is 0.127. The summed E-state index contributed by atoms with van der Waals surface area (Å²) in [4.78, 5) is 13.0. The standard InChI is InChI=1S/C24H17NO2/c25-15-16-4-3-7-17(10-16)18-8-9-23-21(11-18)22(26)14-24(27-23)12-19-5-1-2-6-20(19)13-24/h1-11H,12-14H2. The minimum atomic E-state index is -0.448. The summed E-state index contributed by atoms with van der Waals surface area (Å²) < 4.78 is 6.40. The number of hydrogen-bond acceptors (Lipinski definition) is 3. The van der Waals surface area contributed by atoms with Gasteiger partial charge in [-0.2, -0.15) is 5.26 Å². The first kappa shape index (κ1) is 15.8. The molecule has 1 heterocycles. The van der Waals surface area contributed by atoms with E-state index in [1.54, 1.807) is 6.07 Å². The van der Waals surface area contributed by atoms with Gasteiger partial charge in [0.25, 0.3) is 0 Å². The van der Waals surface area contributed by atoms with Crippen molar-refractivity contribution in [2.24, 2.45) is 0 Å². The third-order valence-electron chi connectivity index (χ3n) is 5.56. The molecule has 0 radical (unpaired) electrons. The number of fused-ring (bicyclic) bond motifs is 2. The highest BCUT2D eigenvalue weighted by Gasteiger charge is 2.44. The molecule has 0 saturated carbocycles. The van der Waals surface area contributed by atoms with Crippen LogP contribution in [-0.2, 0) is 12.8 Å². The molecule has 0 bridgehead atoms. The van der Waals surface area contributed by atoms with Gasteiger partial charge in [0, 0.05) is 12.8 Å². The van der Waals surface area contributed by atoms with Crippen LogP contribution in [-0.4, -0.2) is 11.4 Å². The van der Waals surface area contributed by atoms with E-state index in [0.717, 1.165) is 24.0 Å². The van der Waals surface area contributed by atoms with Crippen LogP contribution in [0.5, 0.6) is 5.75 Å². The number of carbonyl (C=O) groups excluding carboxylic acids is 1. The zero-order chi connectivity index (χ0) is 18.4. The maximum atomic E-state index is 13.0. The van der Waals surface area contributed by atoms with Crippen molar-refractivity contribution in [2.75, 3.05) is 0 Å². The fourth-order valence-electron chi connectivity index (χ4n) is 4.30. The molecule has 1 spiro atoms. The third kappa shape index (κ3) is 2.62. The number of nitriles is 1. The largest absolute Gasteiger partial charge is 0.485 e. The summed E-state index contributed by atoms with van der Waals surface area (Å²) in [7, 11) is 0. The normalized spacial score (nSPS) is 16.3. The maximum Gasteiger partial charge on any atom is 0.170 e. The van der Waals surface area contributed by atoms with Crippen LogP contribution in [0.2, 0.25) is 0 Å². The Hall–Kier alpha value is -3.38. The number of hydrogen-bond donors (Lipinski definition) is 0. The molecular formula is C24H17NO2. The van der Waals surface area contributed by atoms with E-state index in [1.165, 1.54) is 11.1 Å². The molecule has 0 atom stereocenters. The zero-order valence-corrected chi connectivity index (χ0v) is 14.7. The highest BCUT2D eigenvalue weighted by molar-refractivity contribution is 6.01. The van der Waals surface area contributed by atoms with Gasteiger partial charge in [0.1, 0.15) is 11.4 Å². The van der Waals surface area contributed by atoms with E-state index in [9.17, 15) is 4.79 Å². The summed E-state index contributed by atoms with van der Waals surface area (Å²) in [6.45, 7) is 0. The summed E-state index contributed by atoms with van der Waals surface area (Å²) in [5.74, 6) is 0.793. The van der Waals surface area contributed by atoms with E-state index in [-0.39, 0.29) is 5.78 Å². The molecule has 2 aliphatic rings. The Balaban J connectivity index is 1.50. The van der Waals surface area contributed by atoms with Crippen molar-refractivity contribution in [3.8, 4) is 22.9 Å². The summed E-state index contributed by atoms with van der Waals surface area (Å²) >= 11 is 0. The van der Waals surface area contributed by atoms with Gasteiger partial charge < -0.3 is 4.74 Å². The van der Waals surface area contributed by atoms with Crippen molar-refractivity contribution in [1.82, 2.24) is 0 Å². The van der Waals surface area contributed by atoms with E-state index >= 15 is 0 Å². The number of ketones is 1. The first-order valence-electron chi connectivity index (χ1n) is 9.09. The van der Waals surface area contributed by atoms with Gasteiger partial charge in [-0.05, 0) is 46.5 Å². The van der Waals surface area contributed by atoms with Crippen LogP contribution in [0, 0.1) is 11.3 Å². The average molecular weight is 351 g/mol. The molecule has 3 nitrogen and oxygen atoms in total. The summed E-state index contributed by atoms with van der Waals surface area (Å²) in [5.41, 5.74) is 5.20. The lowest BCUT2D eigenvalue weighted by atomic mass is 9.86. The molecule has 3 heteroatoms. The van der Waals surface area contributed by atoms with Gasteiger partial charge in [-0.25, -0.2) is 0 Å². The van der Waals surface area contributed by atoms with Gasteiger partial charge >= 0.3 is 0 Å². The van der Waals surface area contributed by atoms with Gasteiger partial charge in [-0.1, -0.05) is 42.5 Å². The monoisotopic (exact) mass is 351 g/mol. The van der Waals surface area contributed by atoms with Crippen molar-refractivity contribution in [1.29, 1.82) is 5.26 Å². The van der Waals surface area contributed by atoms with Crippen LogP contribution in [0.25, 0.3) is 11.1 Å². The number of ether oxygens (including phenoxy) is 1. The molecule has 0 saturated heterocycles. The van der Waals surface area contributed by atoms with Crippen LogP contribution in [0.15, 0.2) is 66.7 Å². The lowest BCUT2D eigenvalue weighted by molar-refractivity contribution is 0.0472. The molecule has 0 aromatic heterocycles. The highest BCUT2D eigenvalue weighted by atomic mass is 16.5. The van der Waals surface area contributed by atoms with Gasteiger partial charge in [0.05, 0.1) is 23.6 Å². The minimum Gasteiger partial charge on any atom is -0.485 e. The summed E-state index contributed by atoms with van der Waals surface area (Å²) in [6, 6.07) is 23.7. The Morgan fingerprint density at radius 1 is 0.852 bits per heavy atom. The van der Waals surface area contributed by atoms with Gasteiger partial charge in [0.2, 0.25) is 0 Å². The SMILES string of the molecule is N#Cc1cccc(-c2ccc3c(c2)C(=O)CC2(Cc4ccccc4C2)O3)c1. The Morgan fingerprint density at radius 3 is 2.33 bits per heavy atom. The molecule has 1 aliphatic carbocycles. The summed E-state index contributed by atoms with van der Waals surface area (Å²) in [5, 5.41) is 9.11. The van der Waals surface area contributed by atoms with E-state index in [0.29, 0.717) is 23.3 Å². The van der Waals surface area contributed by atoms with Crippen LogP contribution >= 0.6 is 0 Å². The van der Waals surface area contributed by atoms with Crippen molar-refractivity contribution >= 4 is 5.78 Å². The predicted molar refractivity (Wildman–Crippen MR) is 103 cm³/mol. The Bertz CT molecular complexity index is 1100. The van der Waals surface area contributed by atoms with Crippen molar-refractivity contribution in [3.05, 3.63) is 89.0 Å². The second kappa shape index (κ2) is 5.82. The van der Waals surface area contributed by atoms with E-state index in [2.05, 4.69) is 18.2 Å². The van der Waals surface area contributed by atoms with Crippen molar-refractivity contribution in [2.45, 2.75) is 24.9 Å². The van der Waals surface area contributed by atoms with Crippen LogP contribution in [0.3, 0.4) is 0 Å². The summed E-state index contributed by atoms with van der Waals surface area (Å²) in [6.07, 6.45) is 1.96. The quantitative estimate of drug-likeness (QED) is 0.637. The molecule has 5 rings (SSSR count). The molecule has 0 amide bonds. The van der Waals surface area contributed by atoms with E-state index in [1.807, 2.05) is 48.5 Å². The van der Waals surface area contributed by atoms with Crippen LogP contribution in [0.1, 0.15) is 33.5 Å². The molecule has 3 aromatic carbocycles. The molecule has 130 valence electrons. The van der Waals surface area contributed by atoms with Crippen LogP contribution in [0.4, 0.5) is 0 Å². The maximum absolute atomic E-state index is 13.0. The molecule has 1 aliphatic heterocycles. The Kier molecular flexibility index (Phi) is 3.42. The molecule has 0 N–H and O–H groups in total. The third-order valence-corrected chi connectivity index (χ3v) is 5.56. The van der Waals surface area contributed by atoms with Crippen molar-refractivity contribution < 1.29 is 9.53 Å². The lowest BCUT2D eigenvalue weighted by Gasteiger charge is -2.35. The van der Waals surface area contributed by atoms with E-state index in [4.69, 9.17) is 10.00 Å². The van der Waals surface area contributed by atoms with Crippen LogP contribution < -0.4 is 4.74 Å². The van der Waals surface area contributed by atoms with Crippen molar-refractivity contribution in [3.63, 3.8) is 0 Å².